The highest BCUT2D eigenvalue weighted by molar-refractivity contribution is 5.90. The van der Waals surface area contributed by atoms with Gasteiger partial charge < -0.3 is 34.0 Å². The minimum atomic E-state index is -1.18. The molecule has 0 saturated carbocycles. The van der Waals surface area contributed by atoms with Crippen LogP contribution in [-0.4, -0.2) is 52.2 Å². The topological polar surface area (TPSA) is 166 Å². The van der Waals surface area contributed by atoms with E-state index in [9.17, 15) is 19.5 Å². The number of methoxy groups -OCH3 is 1. The number of carbonyl (C=O) groups is 3. The summed E-state index contributed by atoms with van der Waals surface area (Å²) in [5, 5.41) is 16.9. The Morgan fingerprint density at radius 2 is 1.93 bits per heavy atom. The molecule has 2 aromatic heterocycles. The summed E-state index contributed by atoms with van der Waals surface area (Å²) in [5.74, 6) is -1.33. The van der Waals surface area contributed by atoms with Crippen LogP contribution in [-0.2, 0) is 26.2 Å². The van der Waals surface area contributed by atoms with Gasteiger partial charge in [0.2, 0.25) is 17.7 Å². The van der Waals surface area contributed by atoms with Gasteiger partial charge >= 0.3 is 5.97 Å². The predicted octanol–water partition coefficient (Wildman–Crippen LogP) is 3.92. The van der Waals surface area contributed by atoms with Gasteiger partial charge in [0.05, 0.1) is 7.11 Å². The maximum Gasteiger partial charge on any atom is 0.360 e. The summed E-state index contributed by atoms with van der Waals surface area (Å²) in [6.07, 6.45) is -0.513. The van der Waals surface area contributed by atoms with Gasteiger partial charge in [0, 0.05) is 23.6 Å². The van der Waals surface area contributed by atoms with Gasteiger partial charge in [-0.3, -0.25) is 9.59 Å². The molecule has 5 atom stereocenters. The third-order valence-corrected chi connectivity index (χ3v) is 8.84. The number of oxazole rings is 2. The number of aliphatic hydroxyl groups excluding tert-OH is 1. The van der Waals surface area contributed by atoms with Crippen molar-refractivity contribution in [3.63, 3.8) is 0 Å². The normalized spacial score (nSPS) is 23.5. The lowest BCUT2D eigenvalue weighted by Gasteiger charge is -2.28. The van der Waals surface area contributed by atoms with Crippen LogP contribution < -0.4 is 15.4 Å². The summed E-state index contributed by atoms with van der Waals surface area (Å²) in [6, 6.07) is 12.8. The number of benzene rings is 2. The Kier molecular flexibility index (Phi) is 6.77. The number of hydrogen-bond acceptors (Lipinski definition) is 11. The molecule has 12 nitrogen and oxygen atoms in total. The van der Waals surface area contributed by atoms with Crippen molar-refractivity contribution in [3.05, 3.63) is 82.8 Å². The zero-order valence-electron chi connectivity index (χ0n) is 25.1. The number of ether oxygens (including phenoxy) is 2. The van der Waals surface area contributed by atoms with E-state index in [-0.39, 0.29) is 47.8 Å². The molecule has 0 fully saturated rings. The number of hydrogen-bond donors (Lipinski definition) is 3. The summed E-state index contributed by atoms with van der Waals surface area (Å²) in [4.78, 5) is 48.1. The van der Waals surface area contributed by atoms with E-state index in [1.54, 1.807) is 20.8 Å². The number of aromatic nitrogens is 2. The van der Waals surface area contributed by atoms with Crippen LogP contribution in [0.25, 0.3) is 11.6 Å². The number of anilines is 1. The fourth-order valence-corrected chi connectivity index (χ4v) is 6.54. The molecule has 12 heteroatoms. The Balaban J connectivity index is 1.45. The second-order valence-corrected chi connectivity index (χ2v) is 12.1. The zero-order chi connectivity index (χ0) is 31.6. The number of Topliss-reactive ketones (excluding diaryl/α,β-unsaturated/α-hetero) is 1. The lowest BCUT2D eigenvalue weighted by atomic mass is 9.72. The van der Waals surface area contributed by atoms with Crippen LogP contribution in [0, 0.1) is 11.8 Å². The lowest BCUT2D eigenvalue weighted by molar-refractivity contribution is -0.135. The van der Waals surface area contributed by atoms with Gasteiger partial charge in [0.25, 0.3) is 0 Å². The molecule has 3 aliphatic rings. The Hall–Kier alpha value is -4.97. The fourth-order valence-electron chi connectivity index (χ4n) is 6.54. The van der Waals surface area contributed by atoms with Crippen molar-refractivity contribution in [2.75, 3.05) is 12.4 Å². The molecule has 4 bridgehead atoms. The number of rotatable bonds is 6. The first-order valence-electron chi connectivity index (χ1n) is 14.8. The van der Waals surface area contributed by atoms with E-state index in [0.717, 1.165) is 22.4 Å². The van der Waals surface area contributed by atoms with Crippen LogP contribution in [0.5, 0.6) is 5.75 Å². The summed E-state index contributed by atoms with van der Waals surface area (Å²) in [5.41, 5.74) is 2.41. The average Bonchev–Trinajstić information content (AvgIpc) is 3.80. The number of ketones is 1. The Labute approximate surface area is 258 Å². The highest BCUT2D eigenvalue weighted by Gasteiger charge is 2.61. The summed E-state index contributed by atoms with van der Waals surface area (Å²) in [6.45, 7) is 5.25. The van der Waals surface area contributed by atoms with Crippen LogP contribution >= 0.6 is 0 Å². The maximum absolute atomic E-state index is 13.7. The van der Waals surface area contributed by atoms with Crippen molar-refractivity contribution in [1.82, 2.24) is 15.3 Å². The van der Waals surface area contributed by atoms with Gasteiger partial charge in [-0.25, -0.2) is 14.8 Å². The molecule has 5 heterocycles. The third kappa shape index (κ3) is 4.42. The third-order valence-electron chi connectivity index (χ3n) is 8.84. The molecule has 3 aliphatic heterocycles. The highest BCUT2D eigenvalue weighted by Crippen LogP contribution is 2.59. The Morgan fingerprint density at radius 3 is 2.71 bits per heavy atom. The minimum absolute atomic E-state index is 0.0297. The van der Waals surface area contributed by atoms with Gasteiger partial charge in [0.15, 0.2) is 29.2 Å². The number of aliphatic hydroxyl groups is 1. The lowest BCUT2D eigenvalue weighted by Crippen LogP contribution is -2.40. The van der Waals surface area contributed by atoms with Crippen LogP contribution in [0.4, 0.5) is 5.69 Å². The van der Waals surface area contributed by atoms with Crippen molar-refractivity contribution >= 4 is 23.3 Å². The smallest absolute Gasteiger partial charge is 0.360 e. The molecule has 2 aromatic carbocycles. The first kappa shape index (κ1) is 28.8. The molecule has 2 unspecified atom stereocenters. The average molecular weight is 613 g/mol. The first-order chi connectivity index (χ1) is 21.6. The molecule has 3 N–H and O–H groups in total. The van der Waals surface area contributed by atoms with E-state index < -0.39 is 41.5 Å². The molecule has 4 aromatic rings. The van der Waals surface area contributed by atoms with Gasteiger partial charge in [0.1, 0.15) is 29.6 Å². The van der Waals surface area contributed by atoms with Crippen molar-refractivity contribution in [2.45, 2.75) is 57.4 Å². The van der Waals surface area contributed by atoms with E-state index in [0.29, 0.717) is 11.5 Å². The molecule has 232 valence electrons. The number of para-hydroxylation sites is 1. The number of nitrogens with one attached hydrogen (secondary N) is 2. The minimum Gasteiger partial charge on any atom is -0.469 e. The van der Waals surface area contributed by atoms with Crippen molar-refractivity contribution in [1.29, 1.82) is 0 Å². The van der Waals surface area contributed by atoms with E-state index in [1.165, 1.54) is 13.4 Å². The largest absolute Gasteiger partial charge is 0.469 e. The van der Waals surface area contributed by atoms with E-state index in [4.69, 9.17) is 23.3 Å². The number of fused-ring (bicyclic) bond motifs is 4. The SMILES string of the molecule is COC(=O)c1coc(-c2nc3oc2[C@@]24c5ccccc5NC2Oc2ccc(cc24)CC(CC(=O)[C@@H](O)C(C)C)C(=O)N[C@H]3C)n1. The second-order valence-electron chi connectivity index (χ2n) is 12.1. The van der Waals surface area contributed by atoms with Crippen LogP contribution in [0.1, 0.15) is 72.1 Å². The first-order valence-corrected chi connectivity index (χ1v) is 14.8. The molecule has 45 heavy (non-hydrogen) atoms. The molecule has 1 amide bonds. The molecular weight excluding hydrogens is 580 g/mol. The van der Waals surface area contributed by atoms with Gasteiger partial charge in [-0.05, 0) is 42.5 Å². The number of nitrogens with zero attached hydrogens (tertiary/aromatic N) is 2. The van der Waals surface area contributed by atoms with E-state index in [2.05, 4.69) is 15.6 Å². The van der Waals surface area contributed by atoms with E-state index in [1.807, 2.05) is 42.5 Å². The van der Waals surface area contributed by atoms with Crippen LogP contribution in [0.2, 0.25) is 0 Å². The van der Waals surface area contributed by atoms with Crippen molar-refractivity contribution in [2.24, 2.45) is 11.8 Å². The van der Waals surface area contributed by atoms with Crippen molar-refractivity contribution < 1.29 is 37.8 Å². The maximum atomic E-state index is 13.7. The quantitative estimate of drug-likeness (QED) is 0.270. The standard InChI is InChI=1S/C33H32N4O8/c1-15(2)26(39)23(38)13-18-11-17-9-10-24-20(12-17)33(19-7-5-6-8-21(19)36-32(33)44-24)27-25(30-35-22(14-43-30)31(41)42-4)37-29(45-27)16(3)34-28(18)40/h5-10,12,14-16,18,26,32,36,39H,11,13H2,1-4H3,(H,34,40)/t16-,18?,26-,32?,33-/m0/s1. The monoisotopic (exact) mass is 612 g/mol. The Bertz CT molecular complexity index is 1840. The number of esters is 1. The molecule has 0 aliphatic carbocycles. The summed E-state index contributed by atoms with van der Waals surface area (Å²) in [7, 11) is 1.25. The predicted molar refractivity (Wildman–Crippen MR) is 158 cm³/mol. The van der Waals surface area contributed by atoms with E-state index >= 15 is 0 Å². The molecule has 0 saturated heterocycles. The zero-order valence-corrected chi connectivity index (χ0v) is 25.1. The van der Waals surface area contributed by atoms with Gasteiger partial charge in [-0.15, -0.1) is 0 Å². The number of amides is 1. The van der Waals surface area contributed by atoms with Crippen molar-refractivity contribution in [3.8, 4) is 17.3 Å². The molecule has 7 rings (SSSR count). The number of carbonyl (C=O) groups excluding carboxylic acids is 3. The van der Waals surface area contributed by atoms with Crippen LogP contribution in [0.15, 0.2) is 57.6 Å². The summed E-state index contributed by atoms with van der Waals surface area (Å²) >= 11 is 0. The summed E-state index contributed by atoms with van der Waals surface area (Å²) < 4.78 is 23.7. The highest BCUT2D eigenvalue weighted by atomic mass is 16.5. The van der Waals surface area contributed by atoms with Gasteiger partial charge in [-0.2, -0.15) is 0 Å². The molecule has 1 spiro atoms. The molecule has 0 radical (unpaired) electrons. The molecular formula is C33H32N4O8. The second kappa shape index (κ2) is 10.6. The Morgan fingerprint density at radius 1 is 1.13 bits per heavy atom. The van der Waals surface area contributed by atoms with Crippen LogP contribution in [0.3, 0.4) is 0 Å². The fraction of sp³-hybridized carbons (Fsp3) is 0.364. The van der Waals surface area contributed by atoms with Gasteiger partial charge in [-0.1, -0.05) is 44.2 Å².